The zero-order valence-electron chi connectivity index (χ0n) is 17.5. The maximum atomic E-state index is 4.61. The number of hydrogen-bond donors (Lipinski definition) is 0. The van der Waals surface area contributed by atoms with Gasteiger partial charge in [-0.1, -0.05) is 89.9 Å². The molecule has 0 N–H and O–H groups in total. The van der Waals surface area contributed by atoms with Crippen molar-refractivity contribution in [3.05, 3.63) is 78.2 Å². The number of hydrogen-bond acceptors (Lipinski definition) is 6. The van der Waals surface area contributed by atoms with Gasteiger partial charge in [-0.3, -0.25) is 0 Å². The Morgan fingerprint density at radius 2 is 1.35 bits per heavy atom. The van der Waals surface area contributed by atoms with E-state index in [1.54, 1.807) is 0 Å². The van der Waals surface area contributed by atoms with Crippen LogP contribution in [0.1, 0.15) is 43.7 Å². The quantitative estimate of drug-likeness (QED) is 0.335. The molecule has 7 heteroatoms. The summed E-state index contributed by atoms with van der Waals surface area (Å²) in [7, 11) is 0. The summed E-state index contributed by atoms with van der Waals surface area (Å²) in [4.78, 5) is 0.0928. The van der Waals surface area contributed by atoms with Crippen LogP contribution in [0.2, 0.25) is 0 Å². The second-order valence-electron chi connectivity index (χ2n) is 7.99. The van der Waals surface area contributed by atoms with Gasteiger partial charge in [0.05, 0.1) is 17.3 Å². The first-order chi connectivity index (χ1) is 15.2. The summed E-state index contributed by atoms with van der Waals surface area (Å²) >= 11 is 3.91. The fourth-order valence-corrected chi connectivity index (χ4v) is 5.26. The molecule has 0 amide bonds. The molecule has 2 aliphatic rings. The molecule has 1 radical (unpaired) electrons. The van der Waals surface area contributed by atoms with E-state index in [4.69, 9.17) is 0 Å². The standard InChI is InChI=1S/C24H26BrN6/c1-2-10-19(23(17-26-30-28-23)20-11-5-3-6-12-20)15-9-16-22(25)24(18-27-31-29-24)21-13-7-4-8-14-21/h2-8,11-14,17-19,22H,9-10,15-16H2,1H3. The van der Waals surface area contributed by atoms with E-state index < -0.39 is 11.1 Å². The smallest absolute Gasteiger partial charge is 0.151 e. The molecule has 0 saturated carbocycles. The Bertz CT molecular complexity index is 946. The van der Waals surface area contributed by atoms with Crippen molar-refractivity contribution < 1.29 is 0 Å². The van der Waals surface area contributed by atoms with Gasteiger partial charge in [-0.2, -0.15) is 10.2 Å². The predicted molar refractivity (Wildman–Crippen MR) is 128 cm³/mol. The van der Waals surface area contributed by atoms with Crippen LogP contribution in [0.5, 0.6) is 0 Å². The van der Waals surface area contributed by atoms with Crippen molar-refractivity contribution >= 4 is 28.4 Å². The zero-order chi connectivity index (χ0) is 21.6. The van der Waals surface area contributed by atoms with Gasteiger partial charge in [0.25, 0.3) is 0 Å². The van der Waals surface area contributed by atoms with Crippen molar-refractivity contribution in [3.63, 3.8) is 0 Å². The molecule has 6 nitrogen and oxygen atoms in total. The average Bonchev–Trinajstić information content (AvgIpc) is 3.51. The van der Waals surface area contributed by atoms with Crippen molar-refractivity contribution in [1.82, 2.24) is 0 Å². The van der Waals surface area contributed by atoms with Gasteiger partial charge in [0, 0.05) is 0 Å². The largest absolute Gasteiger partial charge is 0.158 e. The van der Waals surface area contributed by atoms with E-state index >= 15 is 0 Å². The van der Waals surface area contributed by atoms with Crippen molar-refractivity contribution in [2.45, 2.75) is 48.5 Å². The third kappa shape index (κ3) is 4.28. The van der Waals surface area contributed by atoms with Crippen molar-refractivity contribution in [2.24, 2.45) is 36.8 Å². The maximum Gasteiger partial charge on any atom is 0.158 e. The summed E-state index contributed by atoms with van der Waals surface area (Å²) in [5, 5.41) is 25.3. The summed E-state index contributed by atoms with van der Waals surface area (Å²) < 4.78 is 0. The van der Waals surface area contributed by atoms with E-state index in [0.717, 1.165) is 36.8 Å². The van der Waals surface area contributed by atoms with E-state index in [9.17, 15) is 0 Å². The SMILES string of the molecule is C[CH]CC(CCCC(Br)C1(c2ccccc2)C=NN=N1)C1(c2ccccc2)C=NN=N1. The van der Waals surface area contributed by atoms with Gasteiger partial charge in [0.15, 0.2) is 5.54 Å². The number of benzene rings is 2. The highest BCUT2D eigenvalue weighted by Gasteiger charge is 2.43. The van der Waals surface area contributed by atoms with Gasteiger partial charge in [0.2, 0.25) is 0 Å². The highest BCUT2D eigenvalue weighted by atomic mass is 79.9. The van der Waals surface area contributed by atoms with Crippen LogP contribution in [0.15, 0.2) is 91.5 Å². The van der Waals surface area contributed by atoms with Crippen LogP contribution in [0.25, 0.3) is 0 Å². The van der Waals surface area contributed by atoms with Gasteiger partial charge in [-0.05, 0) is 53.2 Å². The van der Waals surface area contributed by atoms with E-state index in [1.807, 2.05) is 48.8 Å². The molecule has 4 atom stereocenters. The molecule has 2 aliphatic heterocycles. The Morgan fingerprint density at radius 3 is 1.87 bits per heavy atom. The Balaban J connectivity index is 1.49. The van der Waals surface area contributed by atoms with Gasteiger partial charge >= 0.3 is 0 Å². The molecule has 0 spiro atoms. The van der Waals surface area contributed by atoms with Gasteiger partial charge in [0.1, 0.15) is 5.54 Å². The number of rotatable bonds is 10. The lowest BCUT2D eigenvalue weighted by Crippen LogP contribution is -2.35. The molecule has 2 heterocycles. The molecule has 31 heavy (non-hydrogen) atoms. The Hall–Kier alpha value is -2.54. The molecule has 0 bridgehead atoms. The normalized spacial score (nSPS) is 25.9. The minimum Gasteiger partial charge on any atom is -0.151 e. The van der Waals surface area contributed by atoms with Crippen LogP contribution in [-0.4, -0.2) is 17.3 Å². The van der Waals surface area contributed by atoms with Crippen LogP contribution >= 0.6 is 15.9 Å². The Kier molecular flexibility index (Phi) is 6.80. The minimum absolute atomic E-state index is 0.0928. The molecule has 0 saturated heterocycles. The molecule has 4 unspecified atom stereocenters. The highest BCUT2D eigenvalue weighted by Crippen LogP contribution is 2.42. The lowest BCUT2D eigenvalue weighted by molar-refractivity contribution is 0.325. The highest BCUT2D eigenvalue weighted by molar-refractivity contribution is 9.09. The fourth-order valence-electron chi connectivity index (χ4n) is 4.47. The fraction of sp³-hybridized carbons (Fsp3) is 0.375. The van der Waals surface area contributed by atoms with Crippen LogP contribution in [0, 0.1) is 12.3 Å². The topological polar surface area (TPSA) is 74.2 Å². The van der Waals surface area contributed by atoms with Gasteiger partial charge in [-0.25, -0.2) is 0 Å². The lowest BCUT2D eigenvalue weighted by Gasteiger charge is -2.33. The average molecular weight is 478 g/mol. The van der Waals surface area contributed by atoms with E-state index in [1.165, 1.54) is 0 Å². The summed E-state index contributed by atoms with van der Waals surface area (Å²) in [5.74, 6) is 0.279. The molecule has 2 aromatic carbocycles. The molecule has 2 aromatic rings. The van der Waals surface area contributed by atoms with Gasteiger partial charge in [-0.15, -0.1) is 10.2 Å². The van der Waals surface area contributed by atoms with Crippen molar-refractivity contribution in [1.29, 1.82) is 0 Å². The molecule has 4 rings (SSSR count). The first kappa shape index (κ1) is 21.7. The number of nitrogens with zero attached hydrogens (tertiary/aromatic N) is 6. The maximum absolute atomic E-state index is 4.61. The van der Waals surface area contributed by atoms with Crippen LogP contribution in [0.4, 0.5) is 0 Å². The monoisotopic (exact) mass is 477 g/mol. The van der Waals surface area contributed by atoms with E-state index in [0.29, 0.717) is 0 Å². The summed E-state index contributed by atoms with van der Waals surface area (Å²) in [5.41, 5.74) is 1.18. The third-order valence-corrected chi connectivity index (χ3v) is 7.29. The summed E-state index contributed by atoms with van der Waals surface area (Å²) in [6.07, 6.45) is 9.84. The van der Waals surface area contributed by atoms with E-state index in [-0.39, 0.29) is 10.7 Å². The number of halogens is 1. The molecular weight excluding hydrogens is 452 g/mol. The summed E-state index contributed by atoms with van der Waals surface area (Å²) in [6, 6.07) is 20.6. The first-order valence-corrected chi connectivity index (χ1v) is 11.6. The van der Waals surface area contributed by atoms with Gasteiger partial charge < -0.3 is 0 Å². The molecule has 0 aliphatic carbocycles. The van der Waals surface area contributed by atoms with E-state index in [2.05, 4.69) is 84.4 Å². The minimum atomic E-state index is -0.556. The molecule has 159 valence electrons. The molecule has 0 aromatic heterocycles. The first-order valence-electron chi connectivity index (χ1n) is 10.7. The molecule has 0 fully saturated rings. The zero-order valence-corrected chi connectivity index (χ0v) is 19.1. The molecular formula is C24H26BrN6. The second kappa shape index (κ2) is 9.73. The predicted octanol–water partition coefficient (Wildman–Crippen LogP) is 6.84. The second-order valence-corrected chi connectivity index (χ2v) is 9.10. The lowest BCUT2D eigenvalue weighted by atomic mass is 9.74. The third-order valence-electron chi connectivity index (χ3n) is 6.14. The number of alkyl halides is 1. The van der Waals surface area contributed by atoms with Crippen LogP contribution < -0.4 is 0 Å². The van der Waals surface area contributed by atoms with Crippen LogP contribution in [-0.2, 0) is 11.1 Å². The van der Waals surface area contributed by atoms with Crippen LogP contribution in [0.3, 0.4) is 0 Å². The Morgan fingerprint density at radius 1 is 0.806 bits per heavy atom. The van der Waals surface area contributed by atoms with Crippen molar-refractivity contribution in [3.8, 4) is 0 Å². The van der Waals surface area contributed by atoms with Crippen molar-refractivity contribution in [2.75, 3.05) is 0 Å². The Labute approximate surface area is 191 Å². The summed E-state index contributed by atoms with van der Waals surface area (Å²) in [6.45, 7) is 2.10.